The van der Waals surface area contributed by atoms with Crippen molar-refractivity contribution in [3.63, 3.8) is 0 Å². The lowest BCUT2D eigenvalue weighted by Gasteiger charge is -2.18. The molecule has 6 heteroatoms. The SMILES string of the molecule is COc1c(C(CO)Nc2cccc(Br)c2)c(C)nn1C. The van der Waals surface area contributed by atoms with Gasteiger partial charge in [0.2, 0.25) is 5.88 Å². The molecule has 0 aliphatic heterocycles. The summed E-state index contributed by atoms with van der Waals surface area (Å²) in [6.07, 6.45) is 0. The van der Waals surface area contributed by atoms with Gasteiger partial charge >= 0.3 is 0 Å². The Hall–Kier alpha value is -1.53. The largest absolute Gasteiger partial charge is 0.481 e. The maximum absolute atomic E-state index is 9.70. The highest BCUT2D eigenvalue weighted by molar-refractivity contribution is 9.10. The Bertz CT molecular complexity index is 598. The van der Waals surface area contributed by atoms with Gasteiger partial charge in [-0.3, -0.25) is 0 Å². The molecule has 1 aromatic carbocycles. The van der Waals surface area contributed by atoms with E-state index >= 15 is 0 Å². The molecule has 0 radical (unpaired) electrons. The van der Waals surface area contributed by atoms with E-state index in [4.69, 9.17) is 4.74 Å². The highest BCUT2D eigenvalue weighted by Crippen LogP contribution is 2.30. The average molecular weight is 340 g/mol. The normalized spacial score (nSPS) is 12.2. The number of nitrogens with zero attached hydrogens (tertiary/aromatic N) is 2. The Balaban J connectivity index is 2.33. The smallest absolute Gasteiger partial charge is 0.216 e. The average Bonchev–Trinajstić information content (AvgIpc) is 2.70. The van der Waals surface area contributed by atoms with Crippen molar-refractivity contribution >= 4 is 21.6 Å². The fourth-order valence-electron chi connectivity index (χ4n) is 2.29. The minimum atomic E-state index is -0.270. The van der Waals surface area contributed by atoms with E-state index in [0.717, 1.165) is 21.4 Å². The molecule has 20 heavy (non-hydrogen) atoms. The quantitative estimate of drug-likeness (QED) is 0.879. The number of benzene rings is 1. The molecule has 0 bridgehead atoms. The molecule has 0 amide bonds. The van der Waals surface area contributed by atoms with Crippen LogP contribution in [0.5, 0.6) is 5.88 Å². The molecule has 0 fully saturated rings. The van der Waals surface area contributed by atoms with Crippen molar-refractivity contribution in [3.05, 3.63) is 40.0 Å². The topological polar surface area (TPSA) is 59.3 Å². The third-order valence-electron chi connectivity index (χ3n) is 3.10. The van der Waals surface area contributed by atoms with E-state index in [9.17, 15) is 5.11 Å². The van der Waals surface area contributed by atoms with Crippen LogP contribution in [-0.2, 0) is 7.05 Å². The number of aliphatic hydroxyl groups is 1. The molecule has 0 saturated heterocycles. The number of nitrogens with one attached hydrogen (secondary N) is 1. The molecule has 1 aromatic heterocycles. The van der Waals surface area contributed by atoms with Gasteiger partial charge in [-0.15, -0.1) is 0 Å². The standard InChI is InChI=1S/C14H18BrN3O2/c1-9-13(14(20-3)18(2)17-9)12(8-19)16-11-6-4-5-10(15)7-11/h4-7,12,16,19H,8H2,1-3H3. The van der Waals surface area contributed by atoms with Gasteiger partial charge in [0.1, 0.15) is 0 Å². The van der Waals surface area contributed by atoms with Crippen molar-refractivity contribution in [2.75, 3.05) is 19.0 Å². The first-order chi connectivity index (χ1) is 9.56. The van der Waals surface area contributed by atoms with Crippen molar-refractivity contribution in [2.24, 2.45) is 7.05 Å². The number of aliphatic hydroxyl groups excluding tert-OH is 1. The van der Waals surface area contributed by atoms with Crippen LogP contribution in [0.2, 0.25) is 0 Å². The summed E-state index contributed by atoms with van der Waals surface area (Å²) in [6.45, 7) is 1.86. The van der Waals surface area contributed by atoms with E-state index in [1.54, 1.807) is 11.8 Å². The van der Waals surface area contributed by atoms with Crippen LogP contribution < -0.4 is 10.1 Å². The number of aromatic nitrogens is 2. The summed E-state index contributed by atoms with van der Waals surface area (Å²) in [7, 11) is 3.43. The first-order valence-electron chi connectivity index (χ1n) is 6.27. The zero-order valence-electron chi connectivity index (χ0n) is 11.7. The zero-order chi connectivity index (χ0) is 14.7. The summed E-state index contributed by atoms with van der Waals surface area (Å²) in [4.78, 5) is 0. The van der Waals surface area contributed by atoms with Gasteiger partial charge in [0.05, 0.1) is 31.0 Å². The van der Waals surface area contributed by atoms with E-state index < -0.39 is 0 Å². The zero-order valence-corrected chi connectivity index (χ0v) is 13.3. The van der Waals surface area contributed by atoms with E-state index in [2.05, 4.69) is 26.3 Å². The summed E-state index contributed by atoms with van der Waals surface area (Å²) in [5.41, 5.74) is 2.63. The Morgan fingerprint density at radius 2 is 2.25 bits per heavy atom. The van der Waals surface area contributed by atoms with Gasteiger partial charge in [-0.1, -0.05) is 22.0 Å². The summed E-state index contributed by atoms with van der Waals surface area (Å²) < 4.78 is 8.04. The highest BCUT2D eigenvalue weighted by Gasteiger charge is 2.22. The minimum Gasteiger partial charge on any atom is -0.481 e. The molecule has 5 nitrogen and oxygen atoms in total. The van der Waals surface area contributed by atoms with Gasteiger partial charge in [-0.2, -0.15) is 5.10 Å². The minimum absolute atomic E-state index is 0.0462. The van der Waals surface area contributed by atoms with E-state index in [-0.39, 0.29) is 12.6 Å². The van der Waals surface area contributed by atoms with E-state index in [1.807, 2.05) is 38.2 Å². The molecular formula is C14H18BrN3O2. The van der Waals surface area contributed by atoms with E-state index in [0.29, 0.717) is 5.88 Å². The van der Waals surface area contributed by atoms with Crippen LogP contribution in [0.15, 0.2) is 28.7 Å². The van der Waals surface area contributed by atoms with Crippen LogP contribution in [0.3, 0.4) is 0 Å². The lowest BCUT2D eigenvalue weighted by Crippen LogP contribution is -2.16. The fourth-order valence-corrected chi connectivity index (χ4v) is 2.68. The van der Waals surface area contributed by atoms with E-state index in [1.165, 1.54) is 0 Å². The highest BCUT2D eigenvalue weighted by atomic mass is 79.9. The summed E-state index contributed by atoms with van der Waals surface area (Å²) in [5, 5.41) is 17.3. The molecule has 108 valence electrons. The maximum Gasteiger partial charge on any atom is 0.216 e. The monoisotopic (exact) mass is 339 g/mol. The second-order valence-electron chi connectivity index (χ2n) is 4.52. The molecule has 2 rings (SSSR count). The molecule has 2 N–H and O–H groups in total. The molecule has 2 aromatic rings. The molecule has 0 aliphatic rings. The number of anilines is 1. The molecule has 1 unspecified atom stereocenters. The Kier molecular flexibility index (Phi) is 4.67. The molecule has 1 atom stereocenters. The molecule has 0 saturated carbocycles. The van der Waals surface area contributed by atoms with Gasteiger partial charge in [0, 0.05) is 17.2 Å². The second-order valence-corrected chi connectivity index (χ2v) is 5.44. The number of hydrogen-bond donors (Lipinski definition) is 2. The third-order valence-corrected chi connectivity index (χ3v) is 3.60. The fraction of sp³-hybridized carbons (Fsp3) is 0.357. The third kappa shape index (κ3) is 2.96. The summed E-state index contributed by atoms with van der Waals surface area (Å²) >= 11 is 3.43. The number of methoxy groups -OCH3 is 1. The van der Waals surface area contributed by atoms with Crippen LogP contribution in [0.4, 0.5) is 5.69 Å². The van der Waals surface area contributed by atoms with Crippen LogP contribution in [0.1, 0.15) is 17.3 Å². The molecule has 1 heterocycles. The van der Waals surface area contributed by atoms with Crippen LogP contribution >= 0.6 is 15.9 Å². The van der Waals surface area contributed by atoms with Crippen molar-refractivity contribution in [3.8, 4) is 5.88 Å². The van der Waals surface area contributed by atoms with Gasteiger partial charge in [-0.05, 0) is 25.1 Å². The van der Waals surface area contributed by atoms with Crippen LogP contribution in [0, 0.1) is 6.92 Å². The van der Waals surface area contributed by atoms with Crippen LogP contribution in [-0.4, -0.2) is 28.6 Å². The maximum atomic E-state index is 9.70. The molecule has 0 aliphatic carbocycles. The lowest BCUT2D eigenvalue weighted by atomic mass is 10.1. The van der Waals surface area contributed by atoms with Gasteiger partial charge in [0.15, 0.2) is 0 Å². The molecule has 0 spiro atoms. The number of halogens is 1. The van der Waals surface area contributed by atoms with Gasteiger partial charge < -0.3 is 15.2 Å². The number of aryl methyl sites for hydroxylation is 2. The predicted molar refractivity (Wildman–Crippen MR) is 82.1 cm³/mol. The van der Waals surface area contributed by atoms with Crippen molar-refractivity contribution in [1.29, 1.82) is 0 Å². The number of ether oxygens (including phenoxy) is 1. The first-order valence-corrected chi connectivity index (χ1v) is 7.06. The lowest BCUT2D eigenvalue weighted by molar-refractivity contribution is 0.271. The Morgan fingerprint density at radius 3 is 2.85 bits per heavy atom. The second kappa shape index (κ2) is 6.28. The van der Waals surface area contributed by atoms with Crippen LogP contribution in [0.25, 0.3) is 0 Å². The molecular weight excluding hydrogens is 322 g/mol. The summed E-state index contributed by atoms with van der Waals surface area (Å²) in [6, 6.07) is 7.53. The van der Waals surface area contributed by atoms with Gasteiger partial charge in [-0.25, -0.2) is 4.68 Å². The van der Waals surface area contributed by atoms with Crippen molar-refractivity contribution in [1.82, 2.24) is 9.78 Å². The first kappa shape index (κ1) is 14.9. The van der Waals surface area contributed by atoms with Crippen molar-refractivity contribution < 1.29 is 9.84 Å². The van der Waals surface area contributed by atoms with Gasteiger partial charge in [0.25, 0.3) is 0 Å². The predicted octanol–water partition coefficient (Wildman–Crippen LogP) is 2.65. The Morgan fingerprint density at radius 1 is 1.50 bits per heavy atom. The Labute approximate surface area is 126 Å². The van der Waals surface area contributed by atoms with Crippen molar-refractivity contribution in [2.45, 2.75) is 13.0 Å². The summed E-state index contributed by atoms with van der Waals surface area (Å²) in [5.74, 6) is 0.657. The number of rotatable bonds is 5. The number of hydrogen-bond acceptors (Lipinski definition) is 4.